The maximum absolute atomic E-state index is 12.0. The van der Waals surface area contributed by atoms with E-state index in [1.54, 1.807) is 7.05 Å². The molecule has 0 aliphatic carbocycles. The van der Waals surface area contributed by atoms with Crippen molar-refractivity contribution < 1.29 is 19.1 Å². The normalized spacial score (nSPS) is 17.3. The number of benzene rings is 1. The summed E-state index contributed by atoms with van der Waals surface area (Å²) in [5.41, 5.74) is 1.17. The molecule has 1 heterocycles. The number of ether oxygens (including phenoxy) is 2. The SMILES string of the molecule is Cc1ccc(OCCN(C)C(=O)[C@H]2COC(=O)N2)cc1. The van der Waals surface area contributed by atoms with Gasteiger partial charge in [0, 0.05) is 7.05 Å². The summed E-state index contributed by atoms with van der Waals surface area (Å²) in [7, 11) is 1.67. The topological polar surface area (TPSA) is 67.9 Å². The van der Waals surface area contributed by atoms with Gasteiger partial charge in [0.15, 0.2) is 0 Å². The van der Waals surface area contributed by atoms with Crippen LogP contribution in [0.15, 0.2) is 24.3 Å². The first kappa shape index (κ1) is 14.2. The van der Waals surface area contributed by atoms with Gasteiger partial charge in [0.1, 0.15) is 25.0 Å². The number of alkyl carbamates (subject to hydrolysis) is 1. The molecular formula is C14H18N2O4. The fraction of sp³-hybridized carbons (Fsp3) is 0.429. The molecule has 0 radical (unpaired) electrons. The molecule has 2 amide bonds. The lowest BCUT2D eigenvalue weighted by Gasteiger charge is -2.20. The summed E-state index contributed by atoms with van der Waals surface area (Å²) in [6.45, 7) is 2.93. The third kappa shape index (κ3) is 3.63. The molecule has 0 unspecified atom stereocenters. The summed E-state index contributed by atoms with van der Waals surface area (Å²) < 4.78 is 10.2. The standard InChI is InChI=1S/C14H18N2O4/c1-10-3-5-11(6-4-10)19-8-7-16(2)13(17)12-9-20-14(18)15-12/h3-6,12H,7-9H2,1-2H3,(H,15,18)/t12-/m1/s1. The summed E-state index contributed by atoms with van der Waals surface area (Å²) >= 11 is 0. The van der Waals surface area contributed by atoms with Crippen molar-refractivity contribution in [2.45, 2.75) is 13.0 Å². The second-order valence-electron chi connectivity index (χ2n) is 4.72. The van der Waals surface area contributed by atoms with Gasteiger partial charge >= 0.3 is 6.09 Å². The molecule has 0 saturated carbocycles. The van der Waals surface area contributed by atoms with E-state index in [4.69, 9.17) is 9.47 Å². The number of carbonyl (C=O) groups excluding carboxylic acids is 2. The van der Waals surface area contributed by atoms with E-state index < -0.39 is 12.1 Å². The van der Waals surface area contributed by atoms with Crippen molar-refractivity contribution >= 4 is 12.0 Å². The van der Waals surface area contributed by atoms with E-state index in [1.165, 1.54) is 10.5 Å². The predicted octanol–water partition coefficient (Wildman–Crippen LogP) is 0.941. The first-order chi connectivity index (χ1) is 9.56. The molecule has 6 nitrogen and oxygen atoms in total. The molecular weight excluding hydrogens is 260 g/mol. The average Bonchev–Trinajstić information content (AvgIpc) is 2.86. The van der Waals surface area contributed by atoms with Crippen molar-refractivity contribution in [1.29, 1.82) is 0 Å². The van der Waals surface area contributed by atoms with Gasteiger partial charge < -0.3 is 19.7 Å². The number of hydrogen-bond acceptors (Lipinski definition) is 4. The Kier molecular flexibility index (Phi) is 4.45. The molecule has 0 bridgehead atoms. The molecule has 0 spiro atoms. The number of nitrogens with zero attached hydrogens (tertiary/aromatic N) is 1. The summed E-state index contributed by atoms with van der Waals surface area (Å²) in [6, 6.07) is 7.13. The minimum absolute atomic E-state index is 0.0842. The molecule has 108 valence electrons. The second-order valence-corrected chi connectivity index (χ2v) is 4.72. The van der Waals surface area contributed by atoms with Crippen LogP contribution < -0.4 is 10.1 Å². The van der Waals surface area contributed by atoms with Crippen molar-refractivity contribution in [3.8, 4) is 5.75 Å². The number of cyclic esters (lactones) is 1. The number of carbonyl (C=O) groups is 2. The Balaban J connectivity index is 1.74. The highest BCUT2D eigenvalue weighted by Crippen LogP contribution is 2.11. The second kappa shape index (κ2) is 6.27. The summed E-state index contributed by atoms with van der Waals surface area (Å²) in [5.74, 6) is 0.595. The third-order valence-electron chi connectivity index (χ3n) is 3.06. The molecule has 6 heteroatoms. The van der Waals surface area contributed by atoms with Crippen LogP contribution in [0.2, 0.25) is 0 Å². The number of hydrogen-bond donors (Lipinski definition) is 1. The summed E-state index contributed by atoms with van der Waals surface area (Å²) in [6.07, 6.45) is -0.548. The van der Waals surface area contributed by atoms with Crippen LogP contribution in [0.4, 0.5) is 4.79 Å². The van der Waals surface area contributed by atoms with Crippen LogP contribution >= 0.6 is 0 Å². The zero-order valence-corrected chi connectivity index (χ0v) is 11.6. The molecule has 2 rings (SSSR count). The molecule has 20 heavy (non-hydrogen) atoms. The van der Waals surface area contributed by atoms with E-state index in [2.05, 4.69) is 5.32 Å². The van der Waals surface area contributed by atoms with Gasteiger partial charge in [0.2, 0.25) is 5.91 Å². The van der Waals surface area contributed by atoms with E-state index >= 15 is 0 Å². The Hall–Kier alpha value is -2.24. The van der Waals surface area contributed by atoms with Crippen LogP contribution in [-0.2, 0) is 9.53 Å². The van der Waals surface area contributed by atoms with Crippen LogP contribution in [0, 0.1) is 6.92 Å². The Bertz CT molecular complexity index is 486. The number of nitrogens with one attached hydrogen (secondary N) is 1. The zero-order valence-electron chi connectivity index (χ0n) is 11.6. The quantitative estimate of drug-likeness (QED) is 0.870. The number of likely N-dealkylation sites (N-methyl/N-ethyl adjacent to an activating group) is 1. The van der Waals surface area contributed by atoms with Crippen LogP contribution in [0.5, 0.6) is 5.75 Å². The average molecular weight is 278 g/mol. The Morgan fingerprint density at radius 1 is 1.45 bits per heavy atom. The zero-order chi connectivity index (χ0) is 14.5. The molecule has 1 fully saturated rings. The van der Waals surface area contributed by atoms with Gasteiger partial charge in [0.05, 0.1) is 6.54 Å². The van der Waals surface area contributed by atoms with Gasteiger partial charge in [0.25, 0.3) is 0 Å². The summed E-state index contributed by atoms with van der Waals surface area (Å²) in [4.78, 5) is 24.4. The Labute approximate surface area is 117 Å². The molecule has 1 atom stereocenters. The highest BCUT2D eigenvalue weighted by molar-refractivity contribution is 5.87. The molecule has 1 aromatic carbocycles. The molecule has 1 aromatic rings. The fourth-order valence-corrected chi connectivity index (χ4v) is 1.83. The van der Waals surface area contributed by atoms with Crippen LogP contribution in [0.3, 0.4) is 0 Å². The highest BCUT2D eigenvalue weighted by atomic mass is 16.6. The molecule has 0 aromatic heterocycles. The lowest BCUT2D eigenvalue weighted by Crippen LogP contribution is -2.45. The largest absolute Gasteiger partial charge is 0.492 e. The van der Waals surface area contributed by atoms with Crippen molar-refractivity contribution in [1.82, 2.24) is 10.2 Å². The van der Waals surface area contributed by atoms with E-state index in [-0.39, 0.29) is 12.5 Å². The first-order valence-electron chi connectivity index (χ1n) is 6.44. The first-order valence-corrected chi connectivity index (χ1v) is 6.44. The maximum Gasteiger partial charge on any atom is 0.407 e. The molecule has 1 N–H and O–H groups in total. The Morgan fingerprint density at radius 2 is 2.15 bits per heavy atom. The van der Waals surface area contributed by atoms with Crippen molar-refractivity contribution in [3.63, 3.8) is 0 Å². The van der Waals surface area contributed by atoms with Gasteiger partial charge in [-0.3, -0.25) is 4.79 Å². The number of amides is 2. The number of rotatable bonds is 5. The van der Waals surface area contributed by atoms with E-state index in [0.29, 0.717) is 13.2 Å². The minimum Gasteiger partial charge on any atom is -0.492 e. The maximum atomic E-state index is 12.0. The lowest BCUT2D eigenvalue weighted by atomic mass is 10.2. The van der Waals surface area contributed by atoms with Gasteiger partial charge in [-0.05, 0) is 19.1 Å². The van der Waals surface area contributed by atoms with E-state index in [1.807, 2.05) is 31.2 Å². The van der Waals surface area contributed by atoms with Gasteiger partial charge in [-0.15, -0.1) is 0 Å². The van der Waals surface area contributed by atoms with Gasteiger partial charge in [-0.1, -0.05) is 17.7 Å². The van der Waals surface area contributed by atoms with Gasteiger partial charge in [-0.25, -0.2) is 4.79 Å². The smallest absolute Gasteiger partial charge is 0.407 e. The Morgan fingerprint density at radius 3 is 2.75 bits per heavy atom. The van der Waals surface area contributed by atoms with Crippen LogP contribution in [0.25, 0.3) is 0 Å². The molecule has 1 aliphatic rings. The van der Waals surface area contributed by atoms with E-state index in [9.17, 15) is 9.59 Å². The molecule has 1 aliphatic heterocycles. The molecule has 1 saturated heterocycles. The van der Waals surface area contributed by atoms with Crippen LogP contribution in [0.1, 0.15) is 5.56 Å². The number of aryl methyl sites for hydroxylation is 1. The van der Waals surface area contributed by atoms with Crippen molar-refractivity contribution in [2.75, 3.05) is 26.8 Å². The predicted molar refractivity (Wildman–Crippen MR) is 72.6 cm³/mol. The summed E-state index contributed by atoms with van der Waals surface area (Å²) in [5, 5.41) is 2.46. The minimum atomic E-state index is -0.591. The van der Waals surface area contributed by atoms with Crippen LogP contribution in [-0.4, -0.2) is 49.7 Å². The van der Waals surface area contributed by atoms with Gasteiger partial charge in [-0.2, -0.15) is 0 Å². The lowest BCUT2D eigenvalue weighted by molar-refractivity contribution is -0.132. The van der Waals surface area contributed by atoms with Crippen molar-refractivity contribution in [3.05, 3.63) is 29.8 Å². The highest BCUT2D eigenvalue weighted by Gasteiger charge is 2.30. The third-order valence-corrected chi connectivity index (χ3v) is 3.06. The van der Waals surface area contributed by atoms with E-state index in [0.717, 1.165) is 5.75 Å². The van der Waals surface area contributed by atoms with Crippen molar-refractivity contribution in [2.24, 2.45) is 0 Å². The fourth-order valence-electron chi connectivity index (χ4n) is 1.83. The monoisotopic (exact) mass is 278 g/mol.